The van der Waals surface area contributed by atoms with Crippen LogP contribution in [-0.2, 0) is 23.3 Å². The Morgan fingerprint density at radius 2 is 1.78 bits per heavy atom. The zero-order valence-electron chi connectivity index (χ0n) is 14.4. The minimum atomic E-state index is -1.25. The van der Waals surface area contributed by atoms with Crippen molar-refractivity contribution in [2.75, 3.05) is 0 Å². The summed E-state index contributed by atoms with van der Waals surface area (Å²) in [7, 11) is 0. The van der Waals surface area contributed by atoms with E-state index in [4.69, 9.17) is 28.9 Å². The highest BCUT2D eigenvalue weighted by Crippen LogP contribution is 2.36. The van der Waals surface area contributed by atoms with Gasteiger partial charge < -0.3 is 5.73 Å². The van der Waals surface area contributed by atoms with E-state index in [-0.39, 0.29) is 0 Å². The lowest BCUT2D eigenvalue weighted by atomic mass is 9.82. The molecule has 0 aliphatic carbocycles. The van der Waals surface area contributed by atoms with Crippen LogP contribution in [0.3, 0.4) is 0 Å². The van der Waals surface area contributed by atoms with Crippen molar-refractivity contribution >= 4 is 29.1 Å². The van der Waals surface area contributed by atoms with Gasteiger partial charge in [0.2, 0.25) is 5.91 Å². The Hall–Kier alpha value is -2.47. The number of hydrogen-bond acceptors (Lipinski definition) is 4. The fourth-order valence-corrected chi connectivity index (χ4v) is 3.42. The second-order valence-corrected chi connectivity index (χ2v) is 6.90. The van der Waals surface area contributed by atoms with Gasteiger partial charge in [-0.25, -0.2) is 0 Å². The molecule has 5 nitrogen and oxygen atoms in total. The SMILES string of the molecule is NC(=O)C(Cc1ccncc1)(NCc1cccnc1)c1cccc(Cl)c1Cl. The Bertz CT molecular complexity index is 922. The largest absolute Gasteiger partial charge is 0.368 e. The smallest absolute Gasteiger partial charge is 0.242 e. The summed E-state index contributed by atoms with van der Waals surface area (Å²) in [6, 6.07) is 12.6. The minimum absolute atomic E-state index is 0.297. The molecule has 1 aromatic carbocycles. The summed E-state index contributed by atoms with van der Waals surface area (Å²) >= 11 is 12.7. The molecule has 0 bridgehead atoms. The number of primary amides is 1. The molecule has 27 heavy (non-hydrogen) atoms. The topological polar surface area (TPSA) is 80.9 Å². The number of aromatic nitrogens is 2. The molecule has 2 heterocycles. The molecule has 0 saturated heterocycles. The van der Waals surface area contributed by atoms with E-state index in [0.29, 0.717) is 28.6 Å². The Labute approximate surface area is 167 Å². The second-order valence-electron chi connectivity index (χ2n) is 6.12. The highest BCUT2D eigenvalue weighted by Gasteiger charge is 2.40. The minimum Gasteiger partial charge on any atom is -0.368 e. The zero-order chi connectivity index (χ0) is 19.3. The molecule has 2 aromatic heterocycles. The number of benzene rings is 1. The molecule has 138 valence electrons. The van der Waals surface area contributed by atoms with Gasteiger partial charge >= 0.3 is 0 Å². The van der Waals surface area contributed by atoms with Crippen LogP contribution >= 0.6 is 23.2 Å². The molecule has 1 atom stereocenters. The number of carbonyl (C=O) groups excluding carboxylic acids is 1. The molecule has 0 aliphatic heterocycles. The van der Waals surface area contributed by atoms with E-state index in [1.165, 1.54) is 0 Å². The van der Waals surface area contributed by atoms with E-state index in [9.17, 15) is 4.79 Å². The second kappa shape index (κ2) is 8.48. The maximum atomic E-state index is 12.7. The van der Waals surface area contributed by atoms with Gasteiger partial charge in [0.15, 0.2) is 0 Å². The molecule has 1 unspecified atom stereocenters. The van der Waals surface area contributed by atoms with Gasteiger partial charge in [-0.3, -0.25) is 20.1 Å². The Balaban J connectivity index is 2.07. The van der Waals surface area contributed by atoms with Crippen LogP contribution < -0.4 is 11.1 Å². The van der Waals surface area contributed by atoms with E-state index in [0.717, 1.165) is 11.1 Å². The quantitative estimate of drug-likeness (QED) is 0.635. The van der Waals surface area contributed by atoms with E-state index in [1.807, 2.05) is 24.3 Å². The van der Waals surface area contributed by atoms with Crippen LogP contribution in [0.4, 0.5) is 0 Å². The number of carbonyl (C=O) groups is 1. The molecular weight excluding hydrogens is 383 g/mol. The lowest BCUT2D eigenvalue weighted by molar-refractivity contribution is -0.125. The summed E-state index contributed by atoms with van der Waals surface area (Å²) in [5.74, 6) is -0.549. The molecule has 3 aromatic rings. The molecule has 0 spiro atoms. The van der Waals surface area contributed by atoms with Crippen molar-refractivity contribution in [3.05, 3.63) is 94.0 Å². The average molecular weight is 401 g/mol. The van der Waals surface area contributed by atoms with E-state index in [1.54, 1.807) is 43.0 Å². The fraction of sp³-hybridized carbons (Fsp3) is 0.150. The first-order valence-electron chi connectivity index (χ1n) is 8.30. The van der Waals surface area contributed by atoms with Crippen molar-refractivity contribution in [3.63, 3.8) is 0 Å². The van der Waals surface area contributed by atoms with Crippen LogP contribution in [0.1, 0.15) is 16.7 Å². The van der Waals surface area contributed by atoms with E-state index in [2.05, 4.69) is 15.3 Å². The lowest BCUT2D eigenvalue weighted by Crippen LogP contribution is -2.54. The number of nitrogens with zero attached hydrogens (tertiary/aromatic N) is 2. The zero-order valence-corrected chi connectivity index (χ0v) is 15.9. The van der Waals surface area contributed by atoms with E-state index < -0.39 is 11.4 Å². The van der Waals surface area contributed by atoms with Crippen LogP contribution in [0.25, 0.3) is 0 Å². The van der Waals surface area contributed by atoms with Crippen LogP contribution in [0.5, 0.6) is 0 Å². The van der Waals surface area contributed by atoms with E-state index >= 15 is 0 Å². The Kier molecular flexibility index (Phi) is 6.06. The van der Waals surface area contributed by atoms with Gasteiger partial charge in [0, 0.05) is 43.3 Å². The predicted octanol–water partition coefficient (Wildman–Crippen LogP) is 3.50. The highest BCUT2D eigenvalue weighted by molar-refractivity contribution is 6.42. The fourth-order valence-electron chi connectivity index (χ4n) is 2.96. The Morgan fingerprint density at radius 1 is 1.00 bits per heavy atom. The molecule has 1 amide bonds. The molecule has 0 saturated carbocycles. The number of halogens is 2. The van der Waals surface area contributed by atoms with Crippen molar-refractivity contribution in [2.24, 2.45) is 5.73 Å². The molecule has 7 heteroatoms. The number of pyridine rings is 2. The average Bonchev–Trinajstić information content (AvgIpc) is 2.69. The molecule has 0 fully saturated rings. The third-order valence-electron chi connectivity index (χ3n) is 4.37. The summed E-state index contributed by atoms with van der Waals surface area (Å²) < 4.78 is 0. The van der Waals surface area contributed by atoms with Gasteiger partial charge in [0.05, 0.1) is 10.0 Å². The molecule has 3 rings (SSSR count). The van der Waals surface area contributed by atoms with Gasteiger partial charge in [0.1, 0.15) is 5.54 Å². The van der Waals surface area contributed by atoms with Crippen LogP contribution in [0, 0.1) is 0 Å². The number of amides is 1. The maximum Gasteiger partial charge on any atom is 0.242 e. The molecular formula is C20H18Cl2N4O. The monoisotopic (exact) mass is 400 g/mol. The third-order valence-corrected chi connectivity index (χ3v) is 5.19. The number of rotatable bonds is 7. The van der Waals surface area contributed by atoms with Gasteiger partial charge in [-0.1, -0.05) is 41.4 Å². The van der Waals surface area contributed by atoms with Gasteiger partial charge in [-0.2, -0.15) is 0 Å². The molecule has 3 N–H and O–H groups in total. The highest BCUT2D eigenvalue weighted by atomic mass is 35.5. The molecule has 0 aliphatic rings. The Morgan fingerprint density at radius 3 is 2.44 bits per heavy atom. The summed E-state index contributed by atoms with van der Waals surface area (Å²) in [5, 5.41) is 3.96. The standard InChI is InChI=1S/C20H18Cl2N4O/c21-17-5-1-4-16(18(17)22)20(19(23)27,11-14-6-9-24-10-7-14)26-13-15-3-2-8-25-12-15/h1-10,12,26H,11,13H2,(H2,23,27). The number of nitrogens with one attached hydrogen (secondary N) is 1. The normalized spacial score (nSPS) is 13.1. The summed E-state index contributed by atoms with van der Waals surface area (Å²) in [6.45, 7) is 0.380. The van der Waals surface area contributed by atoms with Crippen molar-refractivity contribution in [1.29, 1.82) is 0 Å². The number of nitrogens with two attached hydrogens (primary N) is 1. The summed E-state index contributed by atoms with van der Waals surface area (Å²) in [4.78, 5) is 20.9. The van der Waals surface area contributed by atoms with Gasteiger partial charge in [0.25, 0.3) is 0 Å². The van der Waals surface area contributed by atoms with Crippen LogP contribution in [0.2, 0.25) is 10.0 Å². The van der Waals surface area contributed by atoms with Gasteiger partial charge in [-0.15, -0.1) is 0 Å². The van der Waals surface area contributed by atoms with Crippen molar-refractivity contribution in [2.45, 2.75) is 18.5 Å². The summed E-state index contributed by atoms with van der Waals surface area (Å²) in [5.41, 5.74) is 6.98. The van der Waals surface area contributed by atoms with Crippen LogP contribution in [0.15, 0.2) is 67.3 Å². The number of hydrogen-bond donors (Lipinski definition) is 2. The van der Waals surface area contributed by atoms with Crippen molar-refractivity contribution < 1.29 is 4.79 Å². The maximum absolute atomic E-state index is 12.7. The first-order chi connectivity index (χ1) is 13.0. The first-order valence-corrected chi connectivity index (χ1v) is 9.06. The predicted molar refractivity (Wildman–Crippen MR) is 106 cm³/mol. The first kappa shape index (κ1) is 19.3. The summed E-state index contributed by atoms with van der Waals surface area (Å²) in [6.07, 6.45) is 7.05. The lowest BCUT2D eigenvalue weighted by Gasteiger charge is -2.33. The van der Waals surface area contributed by atoms with Gasteiger partial charge in [-0.05, 0) is 35.4 Å². The van der Waals surface area contributed by atoms with Crippen molar-refractivity contribution in [1.82, 2.24) is 15.3 Å². The molecule has 0 radical (unpaired) electrons. The third kappa shape index (κ3) is 4.27. The van der Waals surface area contributed by atoms with Crippen LogP contribution in [-0.4, -0.2) is 15.9 Å². The van der Waals surface area contributed by atoms with Crippen molar-refractivity contribution in [3.8, 4) is 0 Å².